The highest BCUT2D eigenvalue weighted by atomic mass is 28.4. The SMILES string of the molecule is CCOC(=O)[C@@H](C)[C@H]1CC[C@H]2[C@@H]3C(=O)C=C4C[C@@H](O[Si](C)(C)C(C)(C)C)CC[C@]4(C)[C@H]3CC[C@]12C. The minimum Gasteiger partial charge on any atom is -0.466 e. The van der Waals surface area contributed by atoms with Crippen molar-refractivity contribution in [1.82, 2.24) is 0 Å². The molecule has 0 aromatic carbocycles. The summed E-state index contributed by atoms with van der Waals surface area (Å²) in [7, 11) is -1.84. The lowest BCUT2D eigenvalue weighted by Gasteiger charge is -2.58. The van der Waals surface area contributed by atoms with Gasteiger partial charge in [-0.15, -0.1) is 0 Å². The number of carbonyl (C=O) groups is 2. The fourth-order valence-electron chi connectivity index (χ4n) is 8.36. The molecule has 0 aromatic rings. The summed E-state index contributed by atoms with van der Waals surface area (Å²) in [6, 6.07) is 0. The van der Waals surface area contributed by atoms with Gasteiger partial charge in [-0.2, -0.15) is 0 Å². The minimum absolute atomic E-state index is 0.0490. The molecule has 8 atom stereocenters. The fraction of sp³-hybridized carbons (Fsp3) is 0.867. The van der Waals surface area contributed by atoms with Gasteiger partial charge in [-0.3, -0.25) is 9.59 Å². The molecule has 0 bridgehead atoms. The highest BCUT2D eigenvalue weighted by Crippen LogP contribution is 2.66. The van der Waals surface area contributed by atoms with Gasteiger partial charge >= 0.3 is 5.97 Å². The summed E-state index contributed by atoms with van der Waals surface area (Å²) in [4.78, 5) is 26.4. The first-order chi connectivity index (χ1) is 16.2. The summed E-state index contributed by atoms with van der Waals surface area (Å²) in [5, 5.41) is 0.198. The molecule has 0 aliphatic heterocycles. The van der Waals surface area contributed by atoms with Crippen LogP contribution in [0.3, 0.4) is 0 Å². The van der Waals surface area contributed by atoms with Gasteiger partial charge < -0.3 is 9.16 Å². The maximum atomic E-state index is 13.8. The predicted octanol–water partition coefficient (Wildman–Crippen LogP) is 7.33. The van der Waals surface area contributed by atoms with Crippen molar-refractivity contribution in [1.29, 1.82) is 0 Å². The molecule has 5 heteroatoms. The Morgan fingerprint density at radius 2 is 1.80 bits per heavy atom. The van der Waals surface area contributed by atoms with Crippen molar-refractivity contribution in [3.63, 3.8) is 0 Å². The third-order valence-electron chi connectivity index (χ3n) is 11.5. The van der Waals surface area contributed by atoms with Crippen LogP contribution in [0, 0.1) is 40.4 Å². The van der Waals surface area contributed by atoms with E-state index in [9.17, 15) is 9.59 Å². The third kappa shape index (κ3) is 4.41. The Labute approximate surface area is 215 Å². The van der Waals surface area contributed by atoms with Crippen LogP contribution in [0.25, 0.3) is 0 Å². The van der Waals surface area contributed by atoms with Crippen molar-refractivity contribution in [2.75, 3.05) is 6.61 Å². The second-order valence-corrected chi connectivity index (χ2v) is 19.0. The van der Waals surface area contributed by atoms with Crippen LogP contribution in [0.15, 0.2) is 11.6 Å². The number of hydrogen-bond acceptors (Lipinski definition) is 4. The Kier molecular flexibility index (Phi) is 7.06. The molecule has 198 valence electrons. The number of ether oxygens (including phenoxy) is 1. The largest absolute Gasteiger partial charge is 0.466 e. The summed E-state index contributed by atoms with van der Waals surface area (Å²) >= 11 is 0. The number of rotatable bonds is 5. The molecule has 35 heavy (non-hydrogen) atoms. The zero-order valence-electron chi connectivity index (χ0n) is 23.8. The number of allylic oxidation sites excluding steroid dienone is 1. The van der Waals surface area contributed by atoms with Gasteiger partial charge in [0.15, 0.2) is 14.1 Å². The molecular formula is C30H50O4Si. The molecule has 0 N–H and O–H groups in total. The normalized spacial score (nSPS) is 40.3. The molecule has 3 fully saturated rings. The van der Waals surface area contributed by atoms with Crippen molar-refractivity contribution in [2.45, 2.75) is 118 Å². The van der Waals surface area contributed by atoms with E-state index in [1.807, 2.05) is 13.8 Å². The van der Waals surface area contributed by atoms with Gasteiger partial charge in [0.1, 0.15) is 0 Å². The zero-order chi connectivity index (χ0) is 26.0. The maximum absolute atomic E-state index is 13.8. The number of esters is 1. The van der Waals surface area contributed by atoms with Crippen molar-refractivity contribution in [2.24, 2.45) is 40.4 Å². The van der Waals surface area contributed by atoms with Crippen LogP contribution < -0.4 is 0 Å². The van der Waals surface area contributed by atoms with Crippen LogP contribution in [0.2, 0.25) is 18.1 Å². The van der Waals surface area contributed by atoms with E-state index in [4.69, 9.17) is 9.16 Å². The summed E-state index contributed by atoms with van der Waals surface area (Å²) in [5.74, 6) is 1.43. The summed E-state index contributed by atoms with van der Waals surface area (Å²) in [6.07, 6.45) is 9.75. The Balaban J connectivity index is 1.56. The molecule has 0 spiro atoms. The van der Waals surface area contributed by atoms with E-state index in [1.165, 1.54) is 5.57 Å². The lowest BCUT2D eigenvalue weighted by molar-refractivity contribution is -0.153. The first-order valence-corrected chi connectivity index (χ1v) is 17.2. The molecule has 4 aliphatic rings. The van der Waals surface area contributed by atoms with Crippen molar-refractivity contribution in [3.05, 3.63) is 11.6 Å². The van der Waals surface area contributed by atoms with Crippen LogP contribution in [0.1, 0.15) is 93.4 Å². The lowest BCUT2D eigenvalue weighted by atomic mass is 9.46. The smallest absolute Gasteiger partial charge is 0.308 e. The number of carbonyl (C=O) groups excluding carboxylic acids is 2. The molecule has 0 heterocycles. The van der Waals surface area contributed by atoms with Crippen molar-refractivity contribution in [3.8, 4) is 0 Å². The molecule has 3 saturated carbocycles. The minimum atomic E-state index is -1.84. The number of fused-ring (bicyclic) bond motifs is 5. The van der Waals surface area contributed by atoms with Gasteiger partial charge in [0.25, 0.3) is 0 Å². The Bertz CT molecular complexity index is 885. The predicted molar refractivity (Wildman–Crippen MR) is 143 cm³/mol. The van der Waals surface area contributed by atoms with Crippen LogP contribution in [-0.4, -0.2) is 32.8 Å². The van der Waals surface area contributed by atoms with E-state index >= 15 is 0 Å². The van der Waals surface area contributed by atoms with Crippen LogP contribution in [0.4, 0.5) is 0 Å². The molecule has 0 aromatic heterocycles. The van der Waals surface area contributed by atoms with Gasteiger partial charge in [0.05, 0.1) is 12.5 Å². The van der Waals surface area contributed by atoms with Gasteiger partial charge in [-0.1, -0.05) is 47.1 Å². The number of ketones is 1. The zero-order valence-corrected chi connectivity index (χ0v) is 24.8. The first-order valence-electron chi connectivity index (χ1n) is 14.2. The number of hydrogen-bond donors (Lipinski definition) is 0. The second kappa shape index (κ2) is 9.11. The van der Waals surface area contributed by atoms with Crippen molar-refractivity contribution < 1.29 is 18.8 Å². The molecule has 4 aliphatic carbocycles. The van der Waals surface area contributed by atoms with E-state index < -0.39 is 8.32 Å². The monoisotopic (exact) mass is 502 g/mol. The molecular weight excluding hydrogens is 452 g/mol. The van der Waals surface area contributed by atoms with E-state index in [1.54, 1.807) is 0 Å². The molecule has 4 rings (SSSR count). The molecule has 4 nitrogen and oxygen atoms in total. The highest BCUT2D eigenvalue weighted by Gasteiger charge is 2.62. The van der Waals surface area contributed by atoms with Gasteiger partial charge in [-0.25, -0.2) is 0 Å². The van der Waals surface area contributed by atoms with E-state index in [0.717, 1.165) is 44.9 Å². The summed E-state index contributed by atoms with van der Waals surface area (Å²) in [6.45, 7) is 20.8. The van der Waals surface area contributed by atoms with Crippen LogP contribution in [-0.2, 0) is 18.8 Å². The summed E-state index contributed by atoms with van der Waals surface area (Å²) < 4.78 is 12.2. The average molecular weight is 503 g/mol. The molecule has 0 amide bonds. The fourth-order valence-corrected chi connectivity index (χ4v) is 9.75. The van der Waals surface area contributed by atoms with Crippen molar-refractivity contribution >= 4 is 20.1 Å². The first kappa shape index (κ1) is 27.1. The second-order valence-electron chi connectivity index (χ2n) is 14.2. The highest BCUT2D eigenvalue weighted by molar-refractivity contribution is 6.74. The van der Waals surface area contributed by atoms with Gasteiger partial charge in [0.2, 0.25) is 0 Å². The Morgan fingerprint density at radius 3 is 2.43 bits per heavy atom. The van der Waals surface area contributed by atoms with E-state index in [-0.39, 0.29) is 39.8 Å². The lowest BCUT2D eigenvalue weighted by Crippen LogP contribution is -2.54. The van der Waals surface area contributed by atoms with Crippen LogP contribution in [0.5, 0.6) is 0 Å². The molecule has 0 radical (unpaired) electrons. The molecule has 0 saturated heterocycles. The molecule has 0 unspecified atom stereocenters. The average Bonchev–Trinajstić information content (AvgIpc) is 3.10. The Hall–Kier alpha value is -0.943. The van der Waals surface area contributed by atoms with E-state index in [0.29, 0.717) is 30.1 Å². The van der Waals surface area contributed by atoms with Crippen LogP contribution >= 0.6 is 0 Å². The van der Waals surface area contributed by atoms with E-state index in [2.05, 4.69) is 53.8 Å². The summed E-state index contributed by atoms with van der Waals surface area (Å²) in [5.41, 5.74) is 1.52. The van der Waals surface area contributed by atoms with Gasteiger partial charge in [0, 0.05) is 12.0 Å². The maximum Gasteiger partial charge on any atom is 0.308 e. The third-order valence-corrected chi connectivity index (χ3v) is 16.0. The quantitative estimate of drug-likeness (QED) is 0.292. The standard InChI is InChI=1S/C30H50O4Si/c1-10-33-27(32)19(2)22-11-12-23-26-24(14-16-30(22,23)7)29(6)15-13-21(17-20(29)18-25(26)31)34-35(8,9)28(3,4)5/h18-19,21-24,26H,10-17H2,1-9H3/t19-,21-,22+,23-,24-,26-,29-,30+/m0/s1. The topological polar surface area (TPSA) is 52.6 Å². The Morgan fingerprint density at radius 1 is 1.11 bits per heavy atom. The van der Waals surface area contributed by atoms with Gasteiger partial charge in [-0.05, 0) is 105 Å².